The summed E-state index contributed by atoms with van der Waals surface area (Å²) in [6.45, 7) is 9.43. The first-order valence-electron chi connectivity index (χ1n) is 10.7. The lowest BCUT2D eigenvalue weighted by atomic mass is 9.54. The molecule has 0 aromatic heterocycles. The van der Waals surface area contributed by atoms with Gasteiger partial charge in [0, 0.05) is 23.6 Å². The quantitative estimate of drug-likeness (QED) is 0.813. The van der Waals surface area contributed by atoms with E-state index in [9.17, 15) is 9.90 Å². The van der Waals surface area contributed by atoms with Gasteiger partial charge < -0.3 is 10.0 Å². The largest absolute Gasteiger partial charge is 0.508 e. The number of allylic oxidation sites excluding steroid dienone is 1. The summed E-state index contributed by atoms with van der Waals surface area (Å²) in [5.74, 6) is 2.45. The summed E-state index contributed by atoms with van der Waals surface area (Å²) in [6, 6.07) is 6.20. The Hall–Kier alpha value is -1.77. The molecule has 146 valence electrons. The molecule has 27 heavy (non-hydrogen) atoms. The van der Waals surface area contributed by atoms with Gasteiger partial charge >= 0.3 is 0 Å². The van der Waals surface area contributed by atoms with E-state index in [1.54, 1.807) is 0 Å². The number of fused-ring (bicyclic) bond motifs is 5. The lowest BCUT2D eigenvalue weighted by Crippen LogP contribution is -2.46. The van der Waals surface area contributed by atoms with Crippen LogP contribution in [0.4, 0.5) is 0 Å². The van der Waals surface area contributed by atoms with Gasteiger partial charge in [0.05, 0.1) is 0 Å². The van der Waals surface area contributed by atoms with Crippen LogP contribution in [0.15, 0.2) is 29.8 Å². The second-order valence-corrected chi connectivity index (χ2v) is 9.29. The third-order valence-electron chi connectivity index (χ3n) is 7.75. The fourth-order valence-corrected chi connectivity index (χ4v) is 6.37. The van der Waals surface area contributed by atoms with E-state index in [0.717, 1.165) is 37.8 Å². The van der Waals surface area contributed by atoms with E-state index in [2.05, 4.69) is 39.8 Å². The van der Waals surface area contributed by atoms with Gasteiger partial charge in [0.2, 0.25) is 5.91 Å². The number of hydrogen-bond donors (Lipinski definition) is 1. The van der Waals surface area contributed by atoms with Crippen LogP contribution in [0.1, 0.15) is 70.4 Å². The maximum absolute atomic E-state index is 13.3. The normalized spacial score (nSPS) is 31.7. The van der Waals surface area contributed by atoms with Crippen LogP contribution in [0.2, 0.25) is 0 Å². The molecule has 1 aromatic rings. The van der Waals surface area contributed by atoms with E-state index in [4.69, 9.17) is 0 Å². The van der Waals surface area contributed by atoms with Gasteiger partial charge in [-0.25, -0.2) is 0 Å². The molecule has 4 unspecified atom stereocenters. The number of carbonyl (C=O) groups is 1. The van der Waals surface area contributed by atoms with E-state index >= 15 is 0 Å². The summed E-state index contributed by atoms with van der Waals surface area (Å²) in [7, 11) is 0. The molecule has 3 nitrogen and oxygen atoms in total. The summed E-state index contributed by atoms with van der Waals surface area (Å²) < 4.78 is 0. The van der Waals surface area contributed by atoms with Gasteiger partial charge in [-0.15, -0.1) is 0 Å². The number of phenols is 1. The molecule has 0 spiro atoms. The van der Waals surface area contributed by atoms with Crippen LogP contribution in [0, 0.1) is 17.3 Å². The summed E-state index contributed by atoms with van der Waals surface area (Å²) in [5.41, 5.74) is 3.88. The topological polar surface area (TPSA) is 40.5 Å². The summed E-state index contributed by atoms with van der Waals surface area (Å²) >= 11 is 0. The summed E-state index contributed by atoms with van der Waals surface area (Å²) in [4.78, 5) is 15.3. The number of hydrogen-bond acceptors (Lipinski definition) is 2. The lowest BCUT2D eigenvalue weighted by Gasteiger charge is -2.50. The average molecular weight is 368 g/mol. The molecule has 0 heterocycles. The van der Waals surface area contributed by atoms with Crippen LogP contribution in [-0.4, -0.2) is 28.5 Å². The van der Waals surface area contributed by atoms with Crippen molar-refractivity contribution in [2.45, 2.75) is 71.8 Å². The Morgan fingerprint density at radius 3 is 2.81 bits per heavy atom. The summed E-state index contributed by atoms with van der Waals surface area (Å²) in [6.07, 6.45) is 7.78. The zero-order valence-electron chi connectivity index (χ0n) is 17.2. The fourth-order valence-electron chi connectivity index (χ4n) is 6.37. The van der Waals surface area contributed by atoms with Crippen molar-refractivity contribution in [2.75, 3.05) is 6.54 Å². The molecule has 1 N–H and O–H groups in total. The molecular weight excluding hydrogens is 334 g/mol. The number of aromatic hydroxyl groups is 1. The molecule has 3 aliphatic rings. The third kappa shape index (κ3) is 2.81. The molecule has 1 amide bonds. The molecular formula is C24H33NO2. The van der Waals surface area contributed by atoms with Crippen molar-refractivity contribution in [3.8, 4) is 5.75 Å². The molecule has 1 saturated carbocycles. The van der Waals surface area contributed by atoms with Crippen molar-refractivity contribution in [2.24, 2.45) is 17.3 Å². The van der Waals surface area contributed by atoms with E-state index in [-0.39, 0.29) is 17.4 Å². The van der Waals surface area contributed by atoms with Gasteiger partial charge in [-0.1, -0.05) is 19.1 Å². The van der Waals surface area contributed by atoms with Gasteiger partial charge in [0.1, 0.15) is 5.75 Å². The molecule has 1 fully saturated rings. The second-order valence-electron chi connectivity index (χ2n) is 9.29. The third-order valence-corrected chi connectivity index (χ3v) is 7.75. The highest BCUT2D eigenvalue weighted by atomic mass is 16.3. The van der Waals surface area contributed by atoms with Gasteiger partial charge in [-0.2, -0.15) is 0 Å². The standard InChI is InChI=1S/C24H33NO2/c1-5-25(15(2)3)23(27)22-11-10-21-20-8-6-16-14-17(26)7-9-18(16)19(20)12-13-24(21,22)4/h7,9,11,14-15,19-21,26H,5-6,8,10,12-13H2,1-4H3. The minimum absolute atomic E-state index is 0.0228. The SMILES string of the molecule is CCN(C(=O)C1=CCC2C3CCc4cc(O)ccc4C3CCC12C)C(C)C. The Bertz CT molecular complexity index is 781. The number of benzene rings is 1. The van der Waals surface area contributed by atoms with Crippen molar-refractivity contribution >= 4 is 5.91 Å². The van der Waals surface area contributed by atoms with Crippen LogP contribution < -0.4 is 0 Å². The Labute approximate surface area is 163 Å². The van der Waals surface area contributed by atoms with Gasteiger partial charge in [-0.05, 0) is 93.9 Å². The van der Waals surface area contributed by atoms with E-state index in [1.165, 1.54) is 17.5 Å². The lowest BCUT2D eigenvalue weighted by molar-refractivity contribution is -0.130. The summed E-state index contributed by atoms with van der Waals surface area (Å²) in [5, 5.41) is 9.84. The van der Waals surface area contributed by atoms with Crippen molar-refractivity contribution in [3.63, 3.8) is 0 Å². The first-order valence-corrected chi connectivity index (χ1v) is 10.7. The van der Waals surface area contributed by atoms with Crippen molar-refractivity contribution in [1.29, 1.82) is 0 Å². The van der Waals surface area contributed by atoms with Crippen LogP contribution in [0.5, 0.6) is 5.75 Å². The number of phenolic OH excluding ortho intramolecular Hbond substituents is 1. The average Bonchev–Trinajstić information content (AvgIpc) is 2.98. The molecule has 0 radical (unpaired) electrons. The monoisotopic (exact) mass is 367 g/mol. The maximum Gasteiger partial charge on any atom is 0.250 e. The number of amides is 1. The van der Waals surface area contributed by atoms with Gasteiger partial charge in [0.25, 0.3) is 0 Å². The first kappa shape index (κ1) is 18.6. The minimum atomic E-state index is 0.0228. The maximum atomic E-state index is 13.3. The van der Waals surface area contributed by atoms with Crippen molar-refractivity contribution in [1.82, 2.24) is 4.90 Å². The predicted molar refractivity (Wildman–Crippen MR) is 109 cm³/mol. The van der Waals surface area contributed by atoms with E-state index in [1.807, 2.05) is 17.0 Å². The highest BCUT2D eigenvalue weighted by Gasteiger charge is 2.53. The molecule has 0 aliphatic heterocycles. The number of rotatable bonds is 3. The zero-order chi connectivity index (χ0) is 19.3. The van der Waals surface area contributed by atoms with Crippen LogP contribution >= 0.6 is 0 Å². The first-order chi connectivity index (χ1) is 12.9. The number of likely N-dealkylation sites (N-methyl/N-ethyl adjacent to an activating group) is 1. The fraction of sp³-hybridized carbons (Fsp3) is 0.625. The van der Waals surface area contributed by atoms with E-state index < -0.39 is 0 Å². The molecule has 0 bridgehead atoms. The molecule has 3 aliphatic carbocycles. The van der Waals surface area contributed by atoms with Crippen molar-refractivity contribution < 1.29 is 9.90 Å². The van der Waals surface area contributed by atoms with Gasteiger partial charge in [-0.3, -0.25) is 4.79 Å². The second kappa shape index (κ2) is 6.68. The van der Waals surface area contributed by atoms with E-state index in [0.29, 0.717) is 23.5 Å². The molecule has 4 atom stereocenters. The van der Waals surface area contributed by atoms with Crippen molar-refractivity contribution in [3.05, 3.63) is 41.0 Å². The van der Waals surface area contributed by atoms with Crippen LogP contribution in [0.25, 0.3) is 0 Å². The number of carbonyl (C=O) groups excluding carboxylic acids is 1. The highest BCUT2D eigenvalue weighted by molar-refractivity contribution is 5.95. The molecule has 1 aromatic carbocycles. The Balaban J connectivity index is 1.61. The molecule has 0 saturated heterocycles. The Morgan fingerprint density at radius 2 is 2.11 bits per heavy atom. The smallest absolute Gasteiger partial charge is 0.250 e. The molecule has 3 heteroatoms. The van der Waals surface area contributed by atoms with Crippen LogP contribution in [-0.2, 0) is 11.2 Å². The molecule has 4 rings (SSSR count). The van der Waals surface area contributed by atoms with Crippen LogP contribution in [0.3, 0.4) is 0 Å². The van der Waals surface area contributed by atoms with Gasteiger partial charge in [0.15, 0.2) is 0 Å². The number of aryl methyl sites for hydroxylation is 1. The predicted octanol–water partition coefficient (Wildman–Crippen LogP) is 5.04. The zero-order valence-corrected chi connectivity index (χ0v) is 17.2. The Morgan fingerprint density at radius 1 is 1.33 bits per heavy atom. The minimum Gasteiger partial charge on any atom is -0.508 e. The highest BCUT2D eigenvalue weighted by Crippen LogP contribution is 2.61. The Kier molecular flexibility index (Phi) is 4.60. The number of nitrogens with zero attached hydrogens (tertiary/aromatic N) is 1.